The molecule has 0 saturated carbocycles. The third-order valence-electron chi connectivity index (χ3n) is 2.55. The minimum atomic E-state index is -1.29. The van der Waals surface area contributed by atoms with E-state index in [1.54, 1.807) is 0 Å². The highest BCUT2D eigenvalue weighted by molar-refractivity contribution is 6.77. The molecule has 14 heavy (non-hydrogen) atoms. The molecule has 0 aliphatic rings. The Bertz CT molecular complexity index is 289. The minimum absolute atomic E-state index is 0.180. The van der Waals surface area contributed by atoms with E-state index in [9.17, 15) is 4.39 Å². The number of halogens is 1. The summed E-state index contributed by atoms with van der Waals surface area (Å²) in [5.74, 6) is -0.180. The second kappa shape index (κ2) is 4.23. The van der Waals surface area contributed by atoms with Gasteiger partial charge in [-0.25, -0.2) is 4.39 Å². The van der Waals surface area contributed by atoms with Crippen LogP contribution in [0, 0.1) is 5.82 Å². The summed E-state index contributed by atoms with van der Waals surface area (Å²) in [6, 6.07) is 6.73. The Morgan fingerprint density at radius 2 is 1.71 bits per heavy atom. The molecule has 1 nitrogen and oxygen atoms in total. The highest BCUT2D eigenvalue weighted by Gasteiger charge is 2.26. The molecule has 0 spiro atoms. The summed E-state index contributed by atoms with van der Waals surface area (Å²) in [5.41, 5.74) is 7.36. The van der Waals surface area contributed by atoms with E-state index in [4.69, 9.17) is 5.73 Å². The molecule has 0 aliphatic heterocycles. The molecule has 0 fully saturated rings. The summed E-state index contributed by atoms with van der Waals surface area (Å²) >= 11 is 0. The van der Waals surface area contributed by atoms with Gasteiger partial charge in [0.05, 0.1) is 8.07 Å². The van der Waals surface area contributed by atoms with Gasteiger partial charge in [0.15, 0.2) is 0 Å². The van der Waals surface area contributed by atoms with Gasteiger partial charge in [0, 0.05) is 0 Å². The quantitative estimate of drug-likeness (QED) is 0.764. The van der Waals surface area contributed by atoms with E-state index in [1.165, 1.54) is 17.7 Å². The van der Waals surface area contributed by atoms with Crippen LogP contribution in [-0.4, -0.2) is 14.6 Å². The van der Waals surface area contributed by atoms with Crippen molar-refractivity contribution in [2.24, 2.45) is 5.73 Å². The second-order valence-electron chi connectivity index (χ2n) is 4.71. The van der Waals surface area contributed by atoms with Crippen molar-refractivity contribution in [1.29, 1.82) is 0 Å². The lowest BCUT2D eigenvalue weighted by atomic mass is 10.1. The zero-order valence-electron chi connectivity index (χ0n) is 9.05. The molecule has 0 radical (unpaired) electrons. The van der Waals surface area contributed by atoms with Crippen LogP contribution < -0.4 is 5.73 Å². The van der Waals surface area contributed by atoms with E-state index in [1.807, 2.05) is 12.1 Å². The van der Waals surface area contributed by atoms with Gasteiger partial charge in [-0.15, -0.1) is 0 Å². The summed E-state index contributed by atoms with van der Waals surface area (Å²) in [6.45, 7) is 7.51. The minimum Gasteiger partial charge on any atom is -0.330 e. The fraction of sp³-hybridized carbons (Fsp3) is 0.455. The zero-order valence-corrected chi connectivity index (χ0v) is 10.0. The fourth-order valence-corrected chi connectivity index (χ4v) is 3.58. The molecule has 1 unspecified atom stereocenters. The molecule has 1 aromatic carbocycles. The topological polar surface area (TPSA) is 26.0 Å². The molecule has 0 heterocycles. The van der Waals surface area contributed by atoms with Crippen molar-refractivity contribution in [2.45, 2.75) is 25.2 Å². The van der Waals surface area contributed by atoms with Crippen molar-refractivity contribution in [3.63, 3.8) is 0 Å². The van der Waals surface area contributed by atoms with Gasteiger partial charge in [-0.3, -0.25) is 0 Å². The molecule has 2 N–H and O–H groups in total. The van der Waals surface area contributed by atoms with Crippen LogP contribution in [0.2, 0.25) is 19.6 Å². The predicted molar refractivity (Wildman–Crippen MR) is 61.5 cm³/mol. The molecule has 0 amide bonds. The molecule has 3 heteroatoms. The molecule has 1 atom stereocenters. The number of hydrogen-bond acceptors (Lipinski definition) is 1. The van der Waals surface area contributed by atoms with Crippen LogP contribution in [0.1, 0.15) is 11.1 Å². The number of rotatable bonds is 3. The van der Waals surface area contributed by atoms with Crippen LogP contribution in [0.25, 0.3) is 0 Å². The van der Waals surface area contributed by atoms with Crippen LogP contribution >= 0.6 is 0 Å². The third-order valence-corrected chi connectivity index (χ3v) is 5.21. The first-order chi connectivity index (χ1) is 6.45. The van der Waals surface area contributed by atoms with Gasteiger partial charge in [0.1, 0.15) is 5.82 Å². The molecule has 1 aromatic rings. The summed E-state index contributed by atoms with van der Waals surface area (Å²) in [7, 11) is -1.29. The molecular weight excluding hydrogens is 193 g/mol. The fourth-order valence-electron chi connectivity index (χ4n) is 1.68. The van der Waals surface area contributed by atoms with Crippen LogP contribution in [0.3, 0.4) is 0 Å². The lowest BCUT2D eigenvalue weighted by Crippen LogP contribution is -2.36. The van der Waals surface area contributed by atoms with Crippen LogP contribution in [0.4, 0.5) is 4.39 Å². The number of nitrogens with two attached hydrogens (primary N) is 1. The normalized spacial score (nSPS) is 14.1. The smallest absolute Gasteiger partial charge is 0.123 e. The van der Waals surface area contributed by atoms with Gasteiger partial charge < -0.3 is 5.73 Å². The van der Waals surface area contributed by atoms with Crippen molar-refractivity contribution in [2.75, 3.05) is 6.54 Å². The highest BCUT2D eigenvalue weighted by Crippen LogP contribution is 2.25. The zero-order chi connectivity index (χ0) is 10.8. The largest absolute Gasteiger partial charge is 0.330 e. The maximum Gasteiger partial charge on any atom is 0.123 e. The Morgan fingerprint density at radius 3 is 2.07 bits per heavy atom. The average Bonchev–Trinajstić information content (AvgIpc) is 2.07. The molecule has 0 bridgehead atoms. The Labute approximate surface area is 86.1 Å². The van der Waals surface area contributed by atoms with Crippen molar-refractivity contribution in [3.8, 4) is 0 Å². The van der Waals surface area contributed by atoms with Gasteiger partial charge in [-0.1, -0.05) is 31.8 Å². The second-order valence-corrected chi connectivity index (χ2v) is 10.1. The van der Waals surface area contributed by atoms with Gasteiger partial charge in [0.2, 0.25) is 0 Å². The van der Waals surface area contributed by atoms with Gasteiger partial charge in [-0.05, 0) is 29.8 Å². The summed E-state index contributed by atoms with van der Waals surface area (Å²) in [6.07, 6.45) is 0. The first-order valence-electron chi connectivity index (χ1n) is 4.90. The standard InChI is InChI=1S/C11H18FNSi/c1-14(2,3)11(8-13)9-4-6-10(12)7-5-9/h4-7,11H,8,13H2,1-3H3. The SMILES string of the molecule is C[Si](C)(C)C(CN)c1ccc(F)cc1. The summed E-state index contributed by atoms with van der Waals surface area (Å²) < 4.78 is 12.7. The van der Waals surface area contributed by atoms with Crippen molar-refractivity contribution >= 4 is 8.07 Å². The highest BCUT2D eigenvalue weighted by atomic mass is 28.3. The van der Waals surface area contributed by atoms with E-state index < -0.39 is 8.07 Å². The molecule has 0 aromatic heterocycles. The van der Waals surface area contributed by atoms with Gasteiger partial charge in [0.25, 0.3) is 0 Å². The number of hydrogen-bond donors (Lipinski definition) is 1. The lowest BCUT2D eigenvalue weighted by molar-refractivity contribution is 0.626. The van der Waals surface area contributed by atoms with Crippen molar-refractivity contribution < 1.29 is 4.39 Å². The lowest BCUT2D eigenvalue weighted by Gasteiger charge is -2.28. The maximum atomic E-state index is 12.7. The first kappa shape index (κ1) is 11.4. The van der Waals surface area contributed by atoms with Crippen LogP contribution in [0.15, 0.2) is 24.3 Å². The monoisotopic (exact) mass is 211 g/mol. The molecule has 0 aliphatic carbocycles. The Hall–Kier alpha value is -0.673. The van der Waals surface area contributed by atoms with E-state index in [0.717, 1.165) is 0 Å². The molecule has 1 rings (SSSR count). The molecule has 78 valence electrons. The first-order valence-corrected chi connectivity index (χ1v) is 8.48. The average molecular weight is 211 g/mol. The van der Waals surface area contributed by atoms with E-state index in [2.05, 4.69) is 19.6 Å². The summed E-state index contributed by atoms with van der Waals surface area (Å²) in [4.78, 5) is 0. The third kappa shape index (κ3) is 2.66. The Kier molecular flexibility index (Phi) is 3.45. The Balaban J connectivity index is 2.96. The molecular formula is C11H18FNSi. The van der Waals surface area contributed by atoms with E-state index in [-0.39, 0.29) is 5.82 Å². The Morgan fingerprint density at radius 1 is 1.21 bits per heavy atom. The summed E-state index contributed by atoms with van der Waals surface area (Å²) in [5, 5.41) is 0. The van der Waals surface area contributed by atoms with Gasteiger partial charge in [-0.2, -0.15) is 0 Å². The van der Waals surface area contributed by atoms with E-state index in [0.29, 0.717) is 12.1 Å². The van der Waals surface area contributed by atoms with Crippen molar-refractivity contribution in [1.82, 2.24) is 0 Å². The molecule has 0 saturated heterocycles. The predicted octanol–water partition coefficient (Wildman–Crippen LogP) is 2.75. The van der Waals surface area contributed by atoms with Crippen LogP contribution in [0.5, 0.6) is 0 Å². The number of benzene rings is 1. The van der Waals surface area contributed by atoms with Crippen LogP contribution in [-0.2, 0) is 0 Å². The maximum absolute atomic E-state index is 12.7. The van der Waals surface area contributed by atoms with Gasteiger partial charge >= 0.3 is 0 Å². The van der Waals surface area contributed by atoms with E-state index >= 15 is 0 Å². The van der Waals surface area contributed by atoms with Crippen molar-refractivity contribution in [3.05, 3.63) is 35.6 Å².